The van der Waals surface area contributed by atoms with E-state index >= 15 is 0 Å². The van der Waals surface area contributed by atoms with E-state index in [1.54, 1.807) is 0 Å². The number of carbonyl (C=O) groups excluding carboxylic acids is 1. The van der Waals surface area contributed by atoms with Gasteiger partial charge in [-0.3, -0.25) is 4.79 Å². The SMILES string of the molecule is Cc1cc(C)n(-c2ccc(CCNC(=O)[C@@H]3C[C@@H]4OCC[C@@H]4N3)cc2)n1. The number of ether oxygens (including phenoxy) is 1. The second-order valence-corrected chi connectivity index (χ2v) is 7.31. The number of amides is 1. The molecule has 2 aliphatic rings. The molecule has 138 valence electrons. The van der Waals surface area contributed by atoms with E-state index in [2.05, 4.69) is 53.0 Å². The molecule has 1 aromatic heterocycles. The number of benzene rings is 1. The minimum absolute atomic E-state index is 0.0854. The van der Waals surface area contributed by atoms with Gasteiger partial charge in [-0.2, -0.15) is 5.10 Å². The Bertz CT molecular complexity index is 772. The average molecular weight is 354 g/mol. The van der Waals surface area contributed by atoms with Crippen molar-refractivity contribution < 1.29 is 9.53 Å². The van der Waals surface area contributed by atoms with Crippen LogP contribution in [0.2, 0.25) is 0 Å². The van der Waals surface area contributed by atoms with E-state index in [1.165, 1.54) is 5.56 Å². The van der Waals surface area contributed by atoms with Crippen molar-refractivity contribution in [1.82, 2.24) is 20.4 Å². The van der Waals surface area contributed by atoms with E-state index in [-0.39, 0.29) is 18.1 Å². The van der Waals surface area contributed by atoms with Gasteiger partial charge in [0, 0.05) is 24.9 Å². The third-order valence-corrected chi connectivity index (χ3v) is 5.31. The lowest BCUT2D eigenvalue weighted by Crippen LogP contribution is -2.43. The van der Waals surface area contributed by atoms with Gasteiger partial charge in [-0.15, -0.1) is 0 Å². The molecule has 6 heteroatoms. The molecule has 0 bridgehead atoms. The maximum absolute atomic E-state index is 12.3. The van der Waals surface area contributed by atoms with E-state index in [9.17, 15) is 4.79 Å². The first-order valence-corrected chi connectivity index (χ1v) is 9.38. The van der Waals surface area contributed by atoms with Crippen LogP contribution in [0.3, 0.4) is 0 Å². The van der Waals surface area contributed by atoms with E-state index in [4.69, 9.17) is 4.74 Å². The summed E-state index contributed by atoms with van der Waals surface area (Å²) in [4.78, 5) is 12.3. The van der Waals surface area contributed by atoms with Gasteiger partial charge in [-0.05, 0) is 56.9 Å². The van der Waals surface area contributed by atoms with Crippen molar-refractivity contribution in [2.45, 2.75) is 51.3 Å². The summed E-state index contributed by atoms with van der Waals surface area (Å²) in [6, 6.07) is 10.7. The average Bonchev–Trinajstić information content (AvgIpc) is 3.30. The lowest BCUT2D eigenvalue weighted by Gasteiger charge is -2.13. The van der Waals surface area contributed by atoms with Gasteiger partial charge in [-0.25, -0.2) is 4.68 Å². The summed E-state index contributed by atoms with van der Waals surface area (Å²) in [5.41, 5.74) is 4.41. The zero-order valence-electron chi connectivity index (χ0n) is 15.4. The standard InChI is InChI=1S/C20H26N4O2/c1-13-11-14(2)24(23-13)16-5-3-15(4-6-16)7-9-21-20(25)18-12-19-17(22-18)8-10-26-19/h3-6,11,17-19,22H,7-10,12H2,1-2H3,(H,21,25)/t17-,18-,19-/m0/s1. The Morgan fingerprint density at radius 1 is 1.35 bits per heavy atom. The van der Waals surface area contributed by atoms with E-state index in [0.717, 1.165) is 42.9 Å². The summed E-state index contributed by atoms with van der Waals surface area (Å²) in [7, 11) is 0. The molecule has 0 spiro atoms. The van der Waals surface area contributed by atoms with Gasteiger partial charge in [0.05, 0.1) is 23.5 Å². The molecule has 3 heterocycles. The maximum atomic E-state index is 12.3. The number of rotatable bonds is 5. The quantitative estimate of drug-likeness (QED) is 0.857. The fourth-order valence-electron chi connectivity index (χ4n) is 3.96. The molecule has 2 N–H and O–H groups in total. The largest absolute Gasteiger partial charge is 0.376 e. The minimum Gasteiger partial charge on any atom is -0.376 e. The van der Waals surface area contributed by atoms with Crippen LogP contribution in [-0.4, -0.2) is 47.0 Å². The van der Waals surface area contributed by atoms with Crippen LogP contribution in [0.5, 0.6) is 0 Å². The molecule has 4 rings (SSSR count). The van der Waals surface area contributed by atoms with Crippen molar-refractivity contribution in [1.29, 1.82) is 0 Å². The van der Waals surface area contributed by atoms with Crippen LogP contribution in [-0.2, 0) is 16.0 Å². The third kappa shape index (κ3) is 3.52. The molecule has 2 saturated heterocycles. The van der Waals surface area contributed by atoms with Crippen molar-refractivity contribution in [3.63, 3.8) is 0 Å². The minimum atomic E-state index is -0.112. The van der Waals surface area contributed by atoms with E-state index in [0.29, 0.717) is 12.6 Å². The van der Waals surface area contributed by atoms with Crippen molar-refractivity contribution in [3.8, 4) is 5.69 Å². The first-order valence-electron chi connectivity index (χ1n) is 9.38. The molecule has 0 saturated carbocycles. The second-order valence-electron chi connectivity index (χ2n) is 7.31. The van der Waals surface area contributed by atoms with Gasteiger partial charge in [0.25, 0.3) is 0 Å². The molecule has 0 aliphatic carbocycles. The predicted molar refractivity (Wildman–Crippen MR) is 99.4 cm³/mol. The molecule has 2 aromatic rings. The lowest BCUT2D eigenvalue weighted by atomic mass is 10.1. The Morgan fingerprint density at radius 2 is 2.15 bits per heavy atom. The Labute approximate surface area is 153 Å². The highest BCUT2D eigenvalue weighted by atomic mass is 16.5. The Balaban J connectivity index is 1.27. The van der Waals surface area contributed by atoms with Crippen LogP contribution >= 0.6 is 0 Å². The summed E-state index contributed by atoms with van der Waals surface area (Å²) >= 11 is 0. The van der Waals surface area contributed by atoms with E-state index < -0.39 is 0 Å². The molecule has 1 amide bonds. The normalized spacial score (nSPS) is 24.6. The first-order chi connectivity index (χ1) is 12.6. The number of nitrogens with one attached hydrogen (secondary N) is 2. The molecular weight excluding hydrogens is 328 g/mol. The number of nitrogens with zero attached hydrogens (tertiary/aromatic N) is 2. The first kappa shape index (κ1) is 17.2. The van der Waals surface area contributed by atoms with Crippen LogP contribution in [0.4, 0.5) is 0 Å². The maximum Gasteiger partial charge on any atom is 0.237 e. The second kappa shape index (κ2) is 7.21. The molecule has 1 aromatic carbocycles. The Kier molecular flexibility index (Phi) is 4.78. The van der Waals surface area contributed by atoms with Crippen LogP contribution < -0.4 is 10.6 Å². The number of hydrogen-bond acceptors (Lipinski definition) is 4. The van der Waals surface area contributed by atoms with Gasteiger partial charge < -0.3 is 15.4 Å². The number of hydrogen-bond donors (Lipinski definition) is 2. The topological polar surface area (TPSA) is 68.2 Å². The molecule has 0 radical (unpaired) electrons. The molecule has 0 unspecified atom stereocenters. The molecule has 2 fully saturated rings. The summed E-state index contributed by atoms with van der Waals surface area (Å²) in [6.45, 7) is 5.51. The highest BCUT2D eigenvalue weighted by molar-refractivity contribution is 5.82. The van der Waals surface area contributed by atoms with Crippen molar-refractivity contribution in [2.75, 3.05) is 13.2 Å². The third-order valence-electron chi connectivity index (χ3n) is 5.31. The Morgan fingerprint density at radius 3 is 2.85 bits per heavy atom. The van der Waals surface area contributed by atoms with Crippen molar-refractivity contribution in [2.24, 2.45) is 0 Å². The zero-order chi connectivity index (χ0) is 18.1. The number of aryl methyl sites for hydroxylation is 2. The van der Waals surface area contributed by atoms with Crippen LogP contribution in [0.15, 0.2) is 30.3 Å². The molecule has 2 aliphatic heterocycles. The number of fused-ring (bicyclic) bond motifs is 1. The fraction of sp³-hybridized carbons (Fsp3) is 0.500. The van der Waals surface area contributed by atoms with Gasteiger partial charge in [0.2, 0.25) is 5.91 Å². The van der Waals surface area contributed by atoms with Gasteiger partial charge in [0.1, 0.15) is 0 Å². The smallest absolute Gasteiger partial charge is 0.237 e. The van der Waals surface area contributed by atoms with Crippen LogP contribution in [0, 0.1) is 13.8 Å². The summed E-state index contributed by atoms with van der Waals surface area (Å²) < 4.78 is 7.59. The van der Waals surface area contributed by atoms with Crippen LogP contribution in [0.1, 0.15) is 29.8 Å². The Hall–Kier alpha value is -2.18. The van der Waals surface area contributed by atoms with Crippen molar-refractivity contribution >= 4 is 5.91 Å². The molecular formula is C20H26N4O2. The molecule has 3 atom stereocenters. The predicted octanol–water partition coefficient (Wildman–Crippen LogP) is 1.67. The lowest BCUT2D eigenvalue weighted by molar-refractivity contribution is -0.123. The van der Waals surface area contributed by atoms with E-state index in [1.807, 2.05) is 11.6 Å². The van der Waals surface area contributed by atoms with Crippen LogP contribution in [0.25, 0.3) is 5.69 Å². The summed E-state index contributed by atoms with van der Waals surface area (Å²) in [6.07, 6.45) is 2.83. The summed E-state index contributed by atoms with van der Waals surface area (Å²) in [5, 5.41) is 10.9. The highest BCUT2D eigenvalue weighted by Gasteiger charge is 2.40. The number of aromatic nitrogens is 2. The number of carbonyl (C=O) groups is 1. The monoisotopic (exact) mass is 354 g/mol. The fourth-order valence-corrected chi connectivity index (χ4v) is 3.96. The van der Waals surface area contributed by atoms with Gasteiger partial charge in [0.15, 0.2) is 0 Å². The highest BCUT2D eigenvalue weighted by Crippen LogP contribution is 2.25. The zero-order valence-corrected chi connectivity index (χ0v) is 15.4. The van der Waals surface area contributed by atoms with Crippen molar-refractivity contribution in [3.05, 3.63) is 47.3 Å². The van der Waals surface area contributed by atoms with Gasteiger partial charge in [-0.1, -0.05) is 12.1 Å². The summed E-state index contributed by atoms with van der Waals surface area (Å²) in [5.74, 6) is 0.0854. The molecule has 6 nitrogen and oxygen atoms in total. The molecule has 26 heavy (non-hydrogen) atoms. The van der Waals surface area contributed by atoms with Gasteiger partial charge >= 0.3 is 0 Å².